The molecule has 0 spiro atoms. The molecule has 2 heterocycles. The van der Waals surface area contributed by atoms with E-state index in [0.29, 0.717) is 22.7 Å². The van der Waals surface area contributed by atoms with Gasteiger partial charge in [-0.2, -0.15) is 4.98 Å². The van der Waals surface area contributed by atoms with E-state index in [9.17, 15) is 9.50 Å². The van der Waals surface area contributed by atoms with Crippen molar-refractivity contribution in [3.8, 4) is 11.6 Å². The molecule has 3 aromatic rings. The van der Waals surface area contributed by atoms with Crippen molar-refractivity contribution in [2.75, 3.05) is 0 Å². The summed E-state index contributed by atoms with van der Waals surface area (Å²) in [4.78, 5) is 8.30. The first-order valence-corrected chi connectivity index (χ1v) is 5.47. The number of halogens is 1. The smallest absolute Gasteiger partial charge is 0.212 e. The molecule has 4 nitrogen and oxygen atoms in total. The molecule has 0 unspecified atom stereocenters. The molecule has 5 heteroatoms. The lowest BCUT2D eigenvalue weighted by atomic mass is 10.3. The van der Waals surface area contributed by atoms with Gasteiger partial charge in [0.15, 0.2) is 5.65 Å². The van der Waals surface area contributed by atoms with Crippen LogP contribution in [0.4, 0.5) is 4.39 Å². The van der Waals surface area contributed by atoms with Crippen LogP contribution in [-0.4, -0.2) is 19.6 Å². The lowest BCUT2D eigenvalue weighted by Gasteiger charge is -2.07. The van der Waals surface area contributed by atoms with E-state index in [2.05, 4.69) is 9.97 Å². The van der Waals surface area contributed by atoms with Crippen LogP contribution in [0.15, 0.2) is 36.4 Å². The van der Waals surface area contributed by atoms with Gasteiger partial charge in [0.05, 0.1) is 5.69 Å². The molecule has 0 aliphatic rings. The summed E-state index contributed by atoms with van der Waals surface area (Å²) in [5, 5.41) is 9.43. The van der Waals surface area contributed by atoms with E-state index in [1.807, 2.05) is 0 Å². The second-order valence-corrected chi connectivity index (χ2v) is 3.96. The zero-order chi connectivity index (χ0) is 12.7. The predicted molar refractivity (Wildman–Crippen MR) is 65.2 cm³/mol. The summed E-state index contributed by atoms with van der Waals surface area (Å²) in [6, 6.07) is 9.51. The lowest BCUT2D eigenvalue weighted by Crippen LogP contribution is -2.00. The summed E-state index contributed by atoms with van der Waals surface area (Å²) in [5.74, 6) is 0.151. The third-order valence-electron chi connectivity index (χ3n) is 2.75. The Hall–Kier alpha value is -2.43. The molecular weight excluding hydrogens is 233 g/mol. The van der Waals surface area contributed by atoms with Crippen LogP contribution in [-0.2, 0) is 0 Å². The number of nitrogens with zero attached hydrogens (tertiary/aromatic N) is 3. The maximum Gasteiger partial charge on any atom is 0.212 e. The number of fused-ring (bicyclic) bond motifs is 1. The standard InChI is InChI=1S/C13H10FN3O/c1-8-15-10-6-7-12(18)16-13(10)17(8)11-5-3-2-4-9(11)14/h2-7H,1H3,(H,16,18). The number of benzene rings is 1. The van der Waals surface area contributed by atoms with E-state index in [4.69, 9.17) is 0 Å². The van der Waals surface area contributed by atoms with E-state index < -0.39 is 0 Å². The number of rotatable bonds is 1. The molecule has 3 rings (SSSR count). The molecule has 0 radical (unpaired) electrons. The molecule has 0 saturated heterocycles. The van der Waals surface area contributed by atoms with Gasteiger partial charge in [-0.15, -0.1) is 0 Å². The largest absolute Gasteiger partial charge is 0.493 e. The average molecular weight is 243 g/mol. The van der Waals surface area contributed by atoms with Crippen molar-refractivity contribution in [1.82, 2.24) is 14.5 Å². The molecule has 18 heavy (non-hydrogen) atoms. The van der Waals surface area contributed by atoms with Crippen LogP contribution in [0.1, 0.15) is 5.82 Å². The SMILES string of the molecule is Cc1nc2ccc(O)nc2n1-c1ccccc1F. The maximum atomic E-state index is 13.8. The first-order valence-electron chi connectivity index (χ1n) is 5.47. The highest BCUT2D eigenvalue weighted by Gasteiger charge is 2.13. The van der Waals surface area contributed by atoms with Gasteiger partial charge in [0.1, 0.15) is 17.2 Å². The molecule has 0 aliphatic carbocycles. The second kappa shape index (κ2) is 3.80. The van der Waals surface area contributed by atoms with Gasteiger partial charge in [-0.05, 0) is 25.1 Å². The monoisotopic (exact) mass is 243 g/mol. The Bertz CT molecular complexity index is 736. The zero-order valence-corrected chi connectivity index (χ0v) is 9.63. The Morgan fingerprint density at radius 2 is 1.89 bits per heavy atom. The van der Waals surface area contributed by atoms with E-state index in [1.165, 1.54) is 12.1 Å². The summed E-state index contributed by atoms with van der Waals surface area (Å²) in [6.45, 7) is 1.77. The predicted octanol–water partition coefficient (Wildman–Crippen LogP) is 2.57. The van der Waals surface area contributed by atoms with Crippen LogP contribution in [0.25, 0.3) is 16.9 Å². The third kappa shape index (κ3) is 1.52. The number of aromatic nitrogens is 3. The van der Waals surface area contributed by atoms with Crippen LogP contribution < -0.4 is 0 Å². The molecule has 0 bridgehead atoms. The van der Waals surface area contributed by atoms with Crippen LogP contribution in [0.3, 0.4) is 0 Å². The fourth-order valence-corrected chi connectivity index (χ4v) is 1.98. The molecule has 1 N–H and O–H groups in total. The fraction of sp³-hybridized carbons (Fsp3) is 0.0769. The number of para-hydroxylation sites is 1. The van der Waals surface area contributed by atoms with Gasteiger partial charge in [0.25, 0.3) is 0 Å². The highest BCUT2D eigenvalue weighted by Crippen LogP contribution is 2.23. The molecule has 0 fully saturated rings. The summed E-state index contributed by atoms with van der Waals surface area (Å²) < 4.78 is 15.4. The van der Waals surface area contributed by atoms with Crippen molar-refractivity contribution in [2.45, 2.75) is 6.92 Å². The Balaban J connectivity index is 2.38. The van der Waals surface area contributed by atoms with E-state index in [1.54, 1.807) is 35.8 Å². The molecule has 2 aromatic heterocycles. The van der Waals surface area contributed by atoms with Crippen LogP contribution in [0, 0.1) is 12.7 Å². The normalized spacial score (nSPS) is 11.0. The number of hydrogen-bond donors (Lipinski definition) is 1. The quantitative estimate of drug-likeness (QED) is 0.714. The Morgan fingerprint density at radius 3 is 2.67 bits per heavy atom. The van der Waals surface area contributed by atoms with E-state index in [-0.39, 0.29) is 11.7 Å². The number of aryl methyl sites for hydroxylation is 1. The summed E-state index contributed by atoms with van der Waals surface area (Å²) in [5.41, 5.74) is 1.43. The molecule has 1 aromatic carbocycles. The van der Waals surface area contributed by atoms with Gasteiger partial charge < -0.3 is 5.11 Å². The van der Waals surface area contributed by atoms with E-state index in [0.717, 1.165) is 0 Å². The maximum absolute atomic E-state index is 13.8. The van der Waals surface area contributed by atoms with Gasteiger partial charge in [-0.1, -0.05) is 12.1 Å². The van der Waals surface area contributed by atoms with Crippen LogP contribution in [0.2, 0.25) is 0 Å². The van der Waals surface area contributed by atoms with Gasteiger partial charge in [-0.3, -0.25) is 4.57 Å². The lowest BCUT2D eigenvalue weighted by molar-refractivity contribution is 0.455. The van der Waals surface area contributed by atoms with Crippen molar-refractivity contribution in [3.63, 3.8) is 0 Å². The Kier molecular flexibility index (Phi) is 2.26. The minimum absolute atomic E-state index is 0.111. The number of pyridine rings is 1. The molecule has 0 amide bonds. The zero-order valence-electron chi connectivity index (χ0n) is 9.63. The van der Waals surface area contributed by atoms with Crippen molar-refractivity contribution >= 4 is 11.2 Å². The number of hydrogen-bond acceptors (Lipinski definition) is 3. The topological polar surface area (TPSA) is 50.9 Å². The molecule has 0 atom stereocenters. The Labute approximate surface area is 102 Å². The summed E-state index contributed by atoms with van der Waals surface area (Å²) in [7, 11) is 0. The Morgan fingerprint density at radius 1 is 1.11 bits per heavy atom. The average Bonchev–Trinajstić information content (AvgIpc) is 2.66. The summed E-state index contributed by atoms with van der Waals surface area (Å²) in [6.07, 6.45) is 0. The molecular formula is C13H10FN3O. The van der Waals surface area contributed by atoms with Crippen molar-refractivity contribution in [2.24, 2.45) is 0 Å². The van der Waals surface area contributed by atoms with Crippen molar-refractivity contribution in [3.05, 3.63) is 48.0 Å². The van der Waals surface area contributed by atoms with Gasteiger partial charge >= 0.3 is 0 Å². The minimum atomic E-state index is -0.356. The summed E-state index contributed by atoms with van der Waals surface area (Å²) >= 11 is 0. The third-order valence-corrected chi connectivity index (χ3v) is 2.75. The van der Waals surface area contributed by atoms with E-state index >= 15 is 0 Å². The first kappa shape index (κ1) is 10.7. The number of aromatic hydroxyl groups is 1. The fourth-order valence-electron chi connectivity index (χ4n) is 1.98. The van der Waals surface area contributed by atoms with Gasteiger partial charge in [0.2, 0.25) is 5.88 Å². The van der Waals surface area contributed by atoms with Crippen molar-refractivity contribution in [1.29, 1.82) is 0 Å². The van der Waals surface area contributed by atoms with Gasteiger partial charge in [0, 0.05) is 6.07 Å². The highest BCUT2D eigenvalue weighted by molar-refractivity contribution is 5.74. The van der Waals surface area contributed by atoms with Gasteiger partial charge in [-0.25, -0.2) is 9.37 Å². The second-order valence-electron chi connectivity index (χ2n) is 3.96. The van der Waals surface area contributed by atoms with Crippen molar-refractivity contribution < 1.29 is 9.50 Å². The van der Waals surface area contributed by atoms with Crippen LogP contribution in [0.5, 0.6) is 5.88 Å². The minimum Gasteiger partial charge on any atom is -0.493 e. The molecule has 0 aliphatic heterocycles. The molecule has 90 valence electrons. The highest BCUT2D eigenvalue weighted by atomic mass is 19.1. The number of imidazole rings is 1. The van der Waals surface area contributed by atoms with Crippen LogP contribution >= 0.6 is 0 Å². The first-order chi connectivity index (χ1) is 8.66. The molecule has 0 saturated carbocycles.